The van der Waals surface area contributed by atoms with Crippen LogP contribution < -0.4 is 0 Å². The van der Waals surface area contributed by atoms with Crippen LogP contribution in [0, 0.1) is 0 Å². The average molecular weight is 253 g/mol. The summed E-state index contributed by atoms with van der Waals surface area (Å²) in [7, 11) is 0. The zero-order chi connectivity index (χ0) is 12.7. The second-order valence-corrected chi connectivity index (χ2v) is 4.97. The van der Waals surface area contributed by atoms with Gasteiger partial charge in [0.2, 0.25) is 0 Å². The summed E-state index contributed by atoms with van der Waals surface area (Å²) < 4.78 is 0. The van der Waals surface area contributed by atoms with Crippen molar-refractivity contribution in [2.24, 2.45) is 0 Å². The molecule has 0 amide bonds. The Bertz CT molecular complexity index is 302. The molecule has 0 aliphatic rings. The van der Waals surface area contributed by atoms with Gasteiger partial charge in [-0.15, -0.1) is 0 Å². The third-order valence-electron chi connectivity index (χ3n) is 3.06. The van der Waals surface area contributed by atoms with Crippen LogP contribution in [0.1, 0.15) is 25.3 Å². The molecule has 96 valence electrons. The minimum Gasteiger partial charge on any atom is -0.395 e. The summed E-state index contributed by atoms with van der Waals surface area (Å²) in [5.41, 5.74) is 1.33. The Balaban J connectivity index is 2.68. The molecule has 2 nitrogen and oxygen atoms in total. The molecule has 1 aromatic carbocycles. The highest BCUT2D eigenvalue weighted by molar-refractivity contribution is 7.80. The molecule has 0 bridgehead atoms. The van der Waals surface area contributed by atoms with Crippen LogP contribution in [0.5, 0.6) is 0 Å². The van der Waals surface area contributed by atoms with Crippen LogP contribution in [-0.2, 0) is 0 Å². The predicted molar refractivity (Wildman–Crippen MR) is 76.8 cm³/mol. The van der Waals surface area contributed by atoms with Gasteiger partial charge >= 0.3 is 0 Å². The summed E-state index contributed by atoms with van der Waals surface area (Å²) in [5.74, 6) is 1.26. The van der Waals surface area contributed by atoms with Crippen LogP contribution in [0.2, 0.25) is 0 Å². The Morgan fingerprint density at radius 3 is 2.35 bits per heavy atom. The van der Waals surface area contributed by atoms with Crippen molar-refractivity contribution in [2.45, 2.75) is 25.8 Å². The number of hydrogen-bond donors (Lipinski definition) is 2. The third kappa shape index (κ3) is 4.70. The molecule has 0 heterocycles. The van der Waals surface area contributed by atoms with Gasteiger partial charge in [-0.05, 0) is 25.2 Å². The Kier molecular flexibility index (Phi) is 6.63. The van der Waals surface area contributed by atoms with Crippen molar-refractivity contribution < 1.29 is 5.11 Å². The third-order valence-corrected chi connectivity index (χ3v) is 3.50. The van der Waals surface area contributed by atoms with Crippen LogP contribution in [-0.4, -0.2) is 41.5 Å². The highest BCUT2D eigenvalue weighted by Gasteiger charge is 2.16. The fourth-order valence-corrected chi connectivity index (χ4v) is 2.29. The molecule has 1 unspecified atom stereocenters. The molecule has 1 rings (SSSR count). The highest BCUT2D eigenvalue weighted by atomic mass is 32.1. The molecule has 17 heavy (non-hydrogen) atoms. The molecule has 0 aliphatic heterocycles. The SMILES string of the molecule is CC(C)N(CCO)CC(CS)c1ccccc1. The van der Waals surface area contributed by atoms with E-state index in [1.54, 1.807) is 0 Å². The summed E-state index contributed by atoms with van der Waals surface area (Å²) >= 11 is 4.45. The fourth-order valence-electron chi connectivity index (χ4n) is 1.97. The molecule has 0 saturated carbocycles. The molecule has 0 aromatic heterocycles. The number of thiol groups is 1. The zero-order valence-corrected chi connectivity index (χ0v) is 11.6. The largest absolute Gasteiger partial charge is 0.395 e. The van der Waals surface area contributed by atoms with E-state index in [2.05, 4.69) is 55.6 Å². The van der Waals surface area contributed by atoms with E-state index >= 15 is 0 Å². The maximum absolute atomic E-state index is 9.08. The number of nitrogens with zero attached hydrogens (tertiary/aromatic N) is 1. The van der Waals surface area contributed by atoms with Crippen LogP contribution in [0.25, 0.3) is 0 Å². The minimum absolute atomic E-state index is 0.215. The topological polar surface area (TPSA) is 23.5 Å². The van der Waals surface area contributed by atoms with Crippen LogP contribution >= 0.6 is 12.6 Å². The summed E-state index contributed by atoms with van der Waals surface area (Å²) in [6.45, 7) is 6.22. The van der Waals surface area contributed by atoms with Crippen molar-refractivity contribution >= 4 is 12.6 Å². The van der Waals surface area contributed by atoms with E-state index in [1.165, 1.54) is 5.56 Å². The Labute approximate surface area is 110 Å². The monoisotopic (exact) mass is 253 g/mol. The van der Waals surface area contributed by atoms with Crippen LogP contribution in [0.3, 0.4) is 0 Å². The first kappa shape index (κ1) is 14.6. The smallest absolute Gasteiger partial charge is 0.0558 e. The number of aliphatic hydroxyl groups excluding tert-OH is 1. The van der Waals surface area contributed by atoms with Crippen molar-refractivity contribution in [1.29, 1.82) is 0 Å². The van der Waals surface area contributed by atoms with Crippen molar-refractivity contribution in [3.63, 3.8) is 0 Å². The highest BCUT2D eigenvalue weighted by Crippen LogP contribution is 2.19. The van der Waals surface area contributed by atoms with E-state index in [0.29, 0.717) is 12.0 Å². The van der Waals surface area contributed by atoms with Crippen molar-refractivity contribution in [2.75, 3.05) is 25.4 Å². The molecule has 3 heteroatoms. The lowest BCUT2D eigenvalue weighted by molar-refractivity contribution is 0.160. The molecule has 0 fully saturated rings. The van der Waals surface area contributed by atoms with Gasteiger partial charge in [0.25, 0.3) is 0 Å². The van der Waals surface area contributed by atoms with Gasteiger partial charge < -0.3 is 5.11 Å². The quantitative estimate of drug-likeness (QED) is 0.729. The normalized spacial score (nSPS) is 13.3. The predicted octanol–water partition coefficient (Wildman–Crippen LogP) is 2.40. The summed E-state index contributed by atoms with van der Waals surface area (Å²) in [6.07, 6.45) is 0. The summed E-state index contributed by atoms with van der Waals surface area (Å²) in [6, 6.07) is 10.9. The van der Waals surface area contributed by atoms with E-state index in [1.807, 2.05) is 6.07 Å². The molecule has 0 radical (unpaired) electrons. The first-order valence-electron chi connectivity index (χ1n) is 6.19. The maximum atomic E-state index is 9.08. The van der Waals surface area contributed by atoms with Gasteiger partial charge in [0.15, 0.2) is 0 Å². The first-order valence-corrected chi connectivity index (χ1v) is 6.83. The van der Waals surface area contributed by atoms with Gasteiger partial charge in [-0.1, -0.05) is 30.3 Å². The number of rotatable bonds is 7. The van der Waals surface area contributed by atoms with Gasteiger partial charge in [0, 0.05) is 25.0 Å². The van der Waals surface area contributed by atoms with Crippen LogP contribution in [0.15, 0.2) is 30.3 Å². The summed E-state index contributed by atoms with van der Waals surface area (Å²) in [5, 5.41) is 9.08. The zero-order valence-electron chi connectivity index (χ0n) is 10.7. The molecular weight excluding hydrogens is 230 g/mol. The van der Waals surface area contributed by atoms with E-state index < -0.39 is 0 Å². The minimum atomic E-state index is 0.215. The van der Waals surface area contributed by atoms with Crippen molar-refractivity contribution in [3.05, 3.63) is 35.9 Å². The van der Waals surface area contributed by atoms with Crippen molar-refractivity contribution in [3.8, 4) is 0 Å². The van der Waals surface area contributed by atoms with Gasteiger partial charge in [-0.25, -0.2) is 0 Å². The molecule has 0 spiro atoms. The number of aliphatic hydroxyl groups is 1. The van der Waals surface area contributed by atoms with Gasteiger partial charge in [0.05, 0.1) is 6.61 Å². The molecular formula is C14H23NOS. The molecule has 1 N–H and O–H groups in total. The Morgan fingerprint density at radius 1 is 1.24 bits per heavy atom. The standard InChI is InChI=1S/C14H23NOS/c1-12(2)15(8-9-16)10-14(11-17)13-6-4-3-5-7-13/h3-7,12,14,16-17H,8-11H2,1-2H3. The van der Waals surface area contributed by atoms with Crippen molar-refractivity contribution in [1.82, 2.24) is 4.90 Å². The lowest BCUT2D eigenvalue weighted by Gasteiger charge is -2.29. The van der Waals surface area contributed by atoms with E-state index in [-0.39, 0.29) is 6.61 Å². The second-order valence-electron chi connectivity index (χ2n) is 4.60. The fraction of sp³-hybridized carbons (Fsp3) is 0.571. The van der Waals surface area contributed by atoms with E-state index in [9.17, 15) is 0 Å². The summed E-state index contributed by atoms with van der Waals surface area (Å²) in [4.78, 5) is 2.30. The first-order chi connectivity index (χ1) is 8.19. The van der Waals surface area contributed by atoms with Gasteiger partial charge in [-0.3, -0.25) is 4.90 Å². The second kappa shape index (κ2) is 7.75. The molecule has 0 saturated heterocycles. The van der Waals surface area contributed by atoms with E-state index in [0.717, 1.165) is 18.8 Å². The van der Waals surface area contributed by atoms with Gasteiger partial charge in [-0.2, -0.15) is 12.6 Å². The molecule has 1 atom stereocenters. The lowest BCUT2D eigenvalue weighted by Crippen LogP contribution is -2.37. The Morgan fingerprint density at radius 2 is 1.88 bits per heavy atom. The van der Waals surface area contributed by atoms with E-state index in [4.69, 9.17) is 5.11 Å². The number of benzene rings is 1. The number of hydrogen-bond acceptors (Lipinski definition) is 3. The maximum Gasteiger partial charge on any atom is 0.0558 e. The lowest BCUT2D eigenvalue weighted by atomic mass is 10.00. The molecule has 0 aliphatic carbocycles. The molecule has 1 aromatic rings. The average Bonchev–Trinajstić information content (AvgIpc) is 2.35. The Hall–Kier alpha value is -0.510. The van der Waals surface area contributed by atoms with Gasteiger partial charge in [0.1, 0.15) is 0 Å². The van der Waals surface area contributed by atoms with Crippen LogP contribution in [0.4, 0.5) is 0 Å².